The van der Waals surface area contributed by atoms with Crippen molar-refractivity contribution >= 4 is 43.7 Å². The van der Waals surface area contributed by atoms with Gasteiger partial charge >= 0.3 is 0 Å². The summed E-state index contributed by atoms with van der Waals surface area (Å²) in [6.45, 7) is 4.56. The Morgan fingerprint density at radius 3 is 2.11 bits per heavy atom. The molecule has 0 amide bonds. The third kappa shape index (κ3) is 3.23. The Morgan fingerprint density at radius 1 is 0.622 bits per heavy atom. The highest BCUT2D eigenvalue weighted by molar-refractivity contribution is 6.17. The first-order chi connectivity index (χ1) is 22.0. The van der Waals surface area contributed by atoms with Crippen molar-refractivity contribution < 1.29 is 4.42 Å². The summed E-state index contributed by atoms with van der Waals surface area (Å²) in [6.07, 6.45) is 0. The molecule has 45 heavy (non-hydrogen) atoms. The molecule has 210 valence electrons. The first-order valence-electron chi connectivity index (χ1n) is 15.1. The minimum Gasteiger partial charge on any atom is -0.454 e. The fourth-order valence-corrected chi connectivity index (χ4v) is 7.67. The van der Waals surface area contributed by atoms with Gasteiger partial charge in [0.1, 0.15) is 23.4 Å². The monoisotopic (exact) mass is 575 g/mol. The first-order valence-corrected chi connectivity index (χ1v) is 15.1. The highest BCUT2D eigenvalue weighted by Gasteiger charge is 2.36. The topological polar surface area (TPSA) is 65.7 Å². The number of hydrogen-bond acceptors (Lipinski definition) is 3. The fraction of sp³-hybridized carbons (Fsp3) is 0.0732. The van der Waals surface area contributed by atoms with E-state index in [4.69, 9.17) is 4.42 Å². The highest BCUT2D eigenvalue weighted by atomic mass is 16.3. The average molecular weight is 576 g/mol. The molecule has 0 unspecified atom stereocenters. The lowest BCUT2D eigenvalue weighted by molar-refractivity contribution is 0.660. The van der Waals surface area contributed by atoms with Crippen LogP contribution in [0.2, 0.25) is 0 Å². The molecule has 2 aromatic heterocycles. The summed E-state index contributed by atoms with van der Waals surface area (Å²) in [5, 5.41) is 25.5. The van der Waals surface area contributed by atoms with Crippen LogP contribution < -0.4 is 0 Å². The number of para-hydroxylation sites is 2. The van der Waals surface area contributed by atoms with Gasteiger partial charge in [0.2, 0.25) is 0 Å². The Morgan fingerprint density at radius 2 is 1.31 bits per heavy atom. The van der Waals surface area contributed by atoms with E-state index >= 15 is 0 Å². The van der Waals surface area contributed by atoms with Gasteiger partial charge < -0.3 is 8.98 Å². The molecule has 0 atom stereocenters. The molecule has 0 spiro atoms. The average Bonchev–Trinajstić information content (AvgIpc) is 3.69. The number of nitriles is 2. The highest BCUT2D eigenvalue weighted by Crippen LogP contribution is 2.52. The van der Waals surface area contributed by atoms with Crippen LogP contribution >= 0.6 is 0 Å². The van der Waals surface area contributed by atoms with Crippen LogP contribution in [0.4, 0.5) is 0 Å². The normalized spacial score (nSPS) is 13.2. The third-order valence-electron chi connectivity index (χ3n) is 9.68. The molecule has 0 bridgehead atoms. The van der Waals surface area contributed by atoms with Crippen molar-refractivity contribution in [3.8, 4) is 40.1 Å². The number of furan rings is 1. The molecule has 0 N–H and O–H groups in total. The maximum atomic E-state index is 11.0. The van der Waals surface area contributed by atoms with E-state index in [1.165, 1.54) is 22.3 Å². The molecule has 9 rings (SSSR count). The molecule has 0 radical (unpaired) electrons. The molecule has 4 heteroatoms. The quantitative estimate of drug-likeness (QED) is 0.206. The zero-order valence-electron chi connectivity index (χ0n) is 24.7. The number of rotatable bonds is 2. The second-order valence-corrected chi connectivity index (χ2v) is 12.3. The molecule has 0 saturated heterocycles. The molecule has 0 aliphatic heterocycles. The standard InChI is InChI=1S/C41H25N3O/c1-41(2)32-17-9-6-14-25(32)28-20-29-26-15-7-10-18-34(26)44(35(29)21-33(28)41)39-31(23-43)37(24-12-4-3-5-13-24)30(22-42)38-27-16-8-11-19-36(27)45-40(38)39/h3-21H,1-2H3. The minimum atomic E-state index is -0.200. The molecule has 8 aromatic rings. The van der Waals surface area contributed by atoms with Gasteiger partial charge in [-0.15, -0.1) is 0 Å². The van der Waals surface area contributed by atoms with Gasteiger partial charge in [-0.1, -0.05) is 105 Å². The number of nitrogens with zero attached hydrogens (tertiary/aromatic N) is 3. The molecule has 2 heterocycles. The molecule has 0 saturated carbocycles. The Hall–Kier alpha value is -6.10. The maximum Gasteiger partial charge on any atom is 0.162 e. The van der Waals surface area contributed by atoms with Gasteiger partial charge in [-0.3, -0.25) is 0 Å². The van der Waals surface area contributed by atoms with E-state index in [1.807, 2.05) is 60.7 Å². The van der Waals surface area contributed by atoms with Gasteiger partial charge in [-0.2, -0.15) is 10.5 Å². The van der Waals surface area contributed by atoms with Crippen molar-refractivity contribution in [1.82, 2.24) is 4.57 Å². The van der Waals surface area contributed by atoms with Crippen molar-refractivity contribution in [1.29, 1.82) is 10.5 Å². The van der Waals surface area contributed by atoms with E-state index in [1.54, 1.807) is 0 Å². The van der Waals surface area contributed by atoms with E-state index in [9.17, 15) is 10.5 Å². The Kier molecular flexibility index (Phi) is 5.06. The molecule has 1 aliphatic carbocycles. The number of fused-ring (bicyclic) bond motifs is 9. The summed E-state index contributed by atoms with van der Waals surface area (Å²) in [4.78, 5) is 0. The smallest absolute Gasteiger partial charge is 0.162 e. The van der Waals surface area contributed by atoms with Gasteiger partial charge in [-0.05, 0) is 52.1 Å². The number of aromatic nitrogens is 1. The van der Waals surface area contributed by atoms with Crippen LogP contribution in [0, 0.1) is 22.7 Å². The van der Waals surface area contributed by atoms with Crippen molar-refractivity contribution in [3.05, 3.63) is 138 Å². The van der Waals surface area contributed by atoms with Gasteiger partial charge in [0.25, 0.3) is 0 Å². The largest absolute Gasteiger partial charge is 0.454 e. The number of benzene rings is 6. The van der Waals surface area contributed by atoms with E-state index in [0.29, 0.717) is 33.5 Å². The van der Waals surface area contributed by atoms with Gasteiger partial charge in [0, 0.05) is 32.5 Å². The molecule has 6 aromatic carbocycles. The first kappa shape index (κ1) is 25.4. The Bertz CT molecular complexity index is 2640. The lowest BCUT2D eigenvalue weighted by atomic mass is 9.82. The van der Waals surface area contributed by atoms with Crippen LogP contribution in [-0.2, 0) is 5.41 Å². The van der Waals surface area contributed by atoms with Crippen LogP contribution in [-0.4, -0.2) is 4.57 Å². The number of hydrogen-bond donors (Lipinski definition) is 0. The summed E-state index contributed by atoms with van der Waals surface area (Å²) in [5.41, 5.74) is 11.0. The lowest BCUT2D eigenvalue weighted by Gasteiger charge is -2.22. The third-order valence-corrected chi connectivity index (χ3v) is 9.68. The predicted molar refractivity (Wildman–Crippen MR) is 180 cm³/mol. The molecule has 0 fully saturated rings. The van der Waals surface area contributed by atoms with E-state index in [2.05, 4.69) is 85.2 Å². The molecule has 1 aliphatic rings. The molecule has 4 nitrogen and oxygen atoms in total. The zero-order chi connectivity index (χ0) is 30.4. The van der Waals surface area contributed by atoms with Crippen molar-refractivity contribution in [2.75, 3.05) is 0 Å². The fourth-order valence-electron chi connectivity index (χ4n) is 7.67. The van der Waals surface area contributed by atoms with E-state index in [0.717, 1.165) is 38.1 Å². The van der Waals surface area contributed by atoms with Crippen molar-refractivity contribution in [2.24, 2.45) is 0 Å². The summed E-state index contributed by atoms with van der Waals surface area (Å²) in [6, 6.07) is 44.2. The van der Waals surface area contributed by atoms with Crippen LogP contribution in [0.1, 0.15) is 36.1 Å². The van der Waals surface area contributed by atoms with E-state index in [-0.39, 0.29) is 5.41 Å². The lowest BCUT2D eigenvalue weighted by Crippen LogP contribution is -2.15. The zero-order valence-corrected chi connectivity index (χ0v) is 24.7. The Labute approximate surface area is 259 Å². The van der Waals surface area contributed by atoms with Gasteiger partial charge in [0.15, 0.2) is 5.58 Å². The van der Waals surface area contributed by atoms with Crippen molar-refractivity contribution in [2.45, 2.75) is 19.3 Å². The summed E-state index contributed by atoms with van der Waals surface area (Å²) >= 11 is 0. The van der Waals surface area contributed by atoms with Crippen LogP contribution in [0.5, 0.6) is 0 Å². The summed E-state index contributed by atoms with van der Waals surface area (Å²) < 4.78 is 8.84. The second kappa shape index (κ2) is 8.96. The van der Waals surface area contributed by atoms with Gasteiger partial charge in [0.05, 0.1) is 22.2 Å². The Balaban J connectivity index is 1.53. The maximum absolute atomic E-state index is 11.0. The minimum absolute atomic E-state index is 0.200. The summed E-state index contributed by atoms with van der Waals surface area (Å²) in [5.74, 6) is 0. The second-order valence-electron chi connectivity index (χ2n) is 12.3. The van der Waals surface area contributed by atoms with Gasteiger partial charge in [-0.25, -0.2) is 0 Å². The van der Waals surface area contributed by atoms with Crippen molar-refractivity contribution in [3.63, 3.8) is 0 Å². The summed E-state index contributed by atoms with van der Waals surface area (Å²) in [7, 11) is 0. The van der Waals surface area contributed by atoms with Crippen LogP contribution in [0.3, 0.4) is 0 Å². The molecular weight excluding hydrogens is 550 g/mol. The SMILES string of the molecule is CC1(C)c2ccccc2-c2cc3c4ccccc4n(-c4c(C#N)c(-c5ccccc5)c(C#N)c5c4oc4ccccc45)c3cc21. The van der Waals surface area contributed by atoms with Crippen LogP contribution in [0.25, 0.3) is 71.7 Å². The predicted octanol–water partition coefficient (Wildman–Crippen LogP) is 10.4. The molecular formula is C41H25N3O. The van der Waals surface area contributed by atoms with Crippen LogP contribution in [0.15, 0.2) is 120 Å². The van der Waals surface area contributed by atoms with E-state index < -0.39 is 0 Å².